The Morgan fingerprint density at radius 2 is 2.03 bits per heavy atom. The molecule has 0 spiro atoms. The van der Waals surface area contributed by atoms with Crippen molar-refractivity contribution in [3.05, 3.63) is 60.3 Å². The lowest BCUT2D eigenvalue weighted by atomic mass is 10.1. The summed E-state index contributed by atoms with van der Waals surface area (Å²) in [6.45, 7) is 1.55. The number of aromatic nitrogens is 4. The SMILES string of the molecule is CC(O)(C#Cc1ccc2c(c1)N(c1ccnc(N)n1)C(OCCO)N2)c1ncccn1. The van der Waals surface area contributed by atoms with Gasteiger partial charge in [0.15, 0.2) is 11.4 Å². The predicted octanol–water partition coefficient (Wildman–Crippen LogP) is 0.964. The quantitative estimate of drug-likeness (QED) is 0.442. The van der Waals surface area contributed by atoms with Crippen LogP contribution < -0.4 is 16.0 Å². The number of rotatable bonds is 5. The highest BCUT2D eigenvalue weighted by Crippen LogP contribution is 2.40. The van der Waals surface area contributed by atoms with Crippen molar-refractivity contribution < 1.29 is 14.9 Å². The average molecular weight is 419 g/mol. The average Bonchev–Trinajstić information content (AvgIpc) is 3.14. The second-order valence-corrected chi connectivity index (χ2v) is 6.86. The third kappa shape index (κ3) is 4.39. The number of nitrogens with zero attached hydrogens (tertiary/aromatic N) is 5. The van der Waals surface area contributed by atoms with Gasteiger partial charge in [-0.15, -0.1) is 0 Å². The van der Waals surface area contributed by atoms with Crippen molar-refractivity contribution in [3.63, 3.8) is 0 Å². The Balaban J connectivity index is 1.69. The van der Waals surface area contributed by atoms with Gasteiger partial charge in [0.25, 0.3) is 0 Å². The molecule has 0 saturated heterocycles. The molecule has 10 heteroatoms. The van der Waals surface area contributed by atoms with Crippen LogP contribution in [0.2, 0.25) is 0 Å². The van der Waals surface area contributed by atoms with Gasteiger partial charge in [-0.2, -0.15) is 4.98 Å². The lowest BCUT2D eigenvalue weighted by molar-refractivity contribution is 0.0505. The van der Waals surface area contributed by atoms with Gasteiger partial charge in [0.2, 0.25) is 12.3 Å². The van der Waals surface area contributed by atoms with Gasteiger partial charge >= 0.3 is 0 Å². The maximum absolute atomic E-state index is 10.6. The Kier molecular flexibility index (Phi) is 5.64. The Morgan fingerprint density at radius 3 is 2.77 bits per heavy atom. The molecule has 158 valence electrons. The van der Waals surface area contributed by atoms with E-state index in [1.165, 1.54) is 0 Å². The van der Waals surface area contributed by atoms with E-state index >= 15 is 0 Å². The number of anilines is 4. The third-order valence-corrected chi connectivity index (χ3v) is 4.50. The first kappa shape index (κ1) is 20.5. The number of aliphatic hydroxyl groups is 2. The summed E-state index contributed by atoms with van der Waals surface area (Å²) < 4.78 is 5.72. The second-order valence-electron chi connectivity index (χ2n) is 6.86. The van der Waals surface area contributed by atoms with Gasteiger partial charge in [-0.1, -0.05) is 11.8 Å². The Hall–Kier alpha value is -3.78. The Labute approximate surface area is 178 Å². The molecule has 3 aromatic rings. The van der Waals surface area contributed by atoms with Gasteiger partial charge in [-0.25, -0.2) is 15.0 Å². The minimum absolute atomic E-state index is 0.123. The standard InChI is InChI=1S/C21H21N7O3/c1-21(30,18-23-8-2-9-24-18)7-5-14-3-4-15-16(13-14)28(20(26-15)31-12-11-29)17-6-10-25-19(22)27-17/h2-4,6,8-10,13,20,26,29-30H,11-12H2,1H3,(H2,22,25,27). The summed E-state index contributed by atoms with van der Waals surface area (Å²) in [5.41, 5.74) is 6.46. The number of hydrogen-bond donors (Lipinski definition) is 4. The van der Waals surface area contributed by atoms with Crippen LogP contribution in [-0.4, -0.2) is 49.7 Å². The minimum atomic E-state index is -1.51. The molecule has 31 heavy (non-hydrogen) atoms. The number of nitrogens with one attached hydrogen (secondary N) is 1. The summed E-state index contributed by atoms with van der Waals surface area (Å²) in [5.74, 6) is 6.68. The Bertz CT molecular complexity index is 1130. The maximum atomic E-state index is 10.6. The third-order valence-electron chi connectivity index (χ3n) is 4.50. The van der Waals surface area contributed by atoms with E-state index in [2.05, 4.69) is 37.1 Å². The molecule has 3 heterocycles. The van der Waals surface area contributed by atoms with Gasteiger partial charge in [-0.05, 0) is 37.3 Å². The molecule has 2 unspecified atom stereocenters. The number of benzene rings is 1. The fourth-order valence-electron chi connectivity index (χ4n) is 3.08. The first-order chi connectivity index (χ1) is 15.0. The molecular formula is C21H21N7O3. The summed E-state index contributed by atoms with van der Waals surface area (Å²) in [5, 5.41) is 23.0. The number of hydrogen-bond acceptors (Lipinski definition) is 10. The molecule has 0 bridgehead atoms. The van der Waals surface area contributed by atoms with E-state index in [4.69, 9.17) is 15.6 Å². The van der Waals surface area contributed by atoms with Crippen molar-refractivity contribution in [2.24, 2.45) is 0 Å². The Morgan fingerprint density at radius 1 is 1.23 bits per heavy atom. The van der Waals surface area contributed by atoms with Gasteiger partial charge in [0.1, 0.15) is 5.82 Å². The van der Waals surface area contributed by atoms with Crippen molar-refractivity contribution in [1.82, 2.24) is 19.9 Å². The van der Waals surface area contributed by atoms with Crippen LogP contribution in [0.1, 0.15) is 18.3 Å². The van der Waals surface area contributed by atoms with E-state index in [9.17, 15) is 5.11 Å². The first-order valence-corrected chi connectivity index (χ1v) is 9.52. The van der Waals surface area contributed by atoms with E-state index < -0.39 is 12.0 Å². The molecule has 1 aromatic carbocycles. The van der Waals surface area contributed by atoms with E-state index in [-0.39, 0.29) is 25.0 Å². The summed E-state index contributed by atoms with van der Waals surface area (Å²) in [6.07, 6.45) is 4.06. The zero-order valence-electron chi connectivity index (χ0n) is 16.7. The number of nitrogen functional groups attached to an aromatic ring is 1. The van der Waals surface area contributed by atoms with Crippen molar-refractivity contribution in [3.8, 4) is 11.8 Å². The van der Waals surface area contributed by atoms with Crippen LogP contribution >= 0.6 is 0 Å². The highest BCUT2D eigenvalue weighted by atomic mass is 16.5. The fourth-order valence-corrected chi connectivity index (χ4v) is 3.08. The second kappa shape index (κ2) is 8.53. The molecule has 1 aliphatic heterocycles. The van der Waals surface area contributed by atoms with Crippen LogP contribution in [0.3, 0.4) is 0 Å². The van der Waals surface area contributed by atoms with E-state index in [0.29, 0.717) is 11.4 Å². The number of nitrogens with two attached hydrogens (primary N) is 1. The van der Waals surface area contributed by atoms with Crippen molar-refractivity contribution in [1.29, 1.82) is 0 Å². The van der Waals surface area contributed by atoms with Crippen molar-refractivity contribution in [2.75, 3.05) is 29.2 Å². The van der Waals surface area contributed by atoms with Gasteiger partial charge in [0.05, 0.1) is 24.6 Å². The number of fused-ring (bicyclic) bond motifs is 1. The minimum Gasteiger partial charge on any atom is -0.394 e. The lowest BCUT2D eigenvalue weighted by Gasteiger charge is -2.25. The summed E-state index contributed by atoms with van der Waals surface area (Å²) in [6, 6.07) is 8.90. The molecule has 10 nitrogen and oxygen atoms in total. The van der Waals surface area contributed by atoms with Gasteiger partial charge < -0.3 is 26.0 Å². The number of ether oxygens (including phenoxy) is 1. The summed E-state index contributed by atoms with van der Waals surface area (Å²) in [4.78, 5) is 18.2. The van der Waals surface area contributed by atoms with Crippen LogP contribution in [0.25, 0.3) is 0 Å². The van der Waals surface area contributed by atoms with Crippen LogP contribution in [0.4, 0.5) is 23.1 Å². The zero-order chi connectivity index (χ0) is 21.8. The predicted molar refractivity (Wildman–Crippen MR) is 114 cm³/mol. The molecule has 2 aromatic heterocycles. The smallest absolute Gasteiger partial charge is 0.221 e. The van der Waals surface area contributed by atoms with Crippen LogP contribution in [0.15, 0.2) is 48.9 Å². The topological polar surface area (TPSA) is 143 Å². The molecule has 0 amide bonds. The molecule has 0 aliphatic carbocycles. The summed E-state index contributed by atoms with van der Waals surface area (Å²) in [7, 11) is 0. The van der Waals surface area contributed by atoms with Crippen LogP contribution in [-0.2, 0) is 10.3 Å². The summed E-state index contributed by atoms with van der Waals surface area (Å²) >= 11 is 0. The first-order valence-electron chi connectivity index (χ1n) is 9.52. The molecule has 0 saturated carbocycles. The van der Waals surface area contributed by atoms with Gasteiger partial charge in [-0.3, -0.25) is 4.90 Å². The zero-order valence-corrected chi connectivity index (χ0v) is 16.7. The molecule has 2 atom stereocenters. The lowest BCUT2D eigenvalue weighted by Crippen LogP contribution is -2.36. The molecule has 0 radical (unpaired) electrons. The number of aliphatic hydroxyl groups excluding tert-OH is 1. The highest BCUT2D eigenvalue weighted by molar-refractivity contribution is 5.82. The van der Waals surface area contributed by atoms with E-state index in [1.807, 2.05) is 18.2 Å². The van der Waals surface area contributed by atoms with Crippen LogP contribution in [0, 0.1) is 11.8 Å². The van der Waals surface area contributed by atoms with E-state index in [0.717, 1.165) is 11.4 Å². The largest absolute Gasteiger partial charge is 0.394 e. The maximum Gasteiger partial charge on any atom is 0.221 e. The van der Waals surface area contributed by atoms with Gasteiger partial charge in [0, 0.05) is 24.2 Å². The monoisotopic (exact) mass is 419 g/mol. The molecular weight excluding hydrogens is 398 g/mol. The van der Waals surface area contributed by atoms with Crippen LogP contribution in [0.5, 0.6) is 0 Å². The fraction of sp³-hybridized carbons (Fsp3) is 0.238. The van der Waals surface area contributed by atoms with Crippen molar-refractivity contribution in [2.45, 2.75) is 18.9 Å². The normalized spacial score (nSPS) is 16.6. The highest BCUT2D eigenvalue weighted by Gasteiger charge is 2.32. The molecule has 0 fully saturated rings. The van der Waals surface area contributed by atoms with E-state index in [1.54, 1.807) is 42.5 Å². The molecule has 4 rings (SSSR count). The molecule has 5 N–H and O–H groups in total. The van der Waals surface area contributed by atoms with Crippen molar-refractivity contribution >= 4 is 23.1 Å². The molecule has 1 aliphatic rings.